The second-order valence-electron chi connectivity index (χ2n) is 4.32. The maximum absolute atomic E-state index is 10.9. The maximum Gasteiger partial charge on any atom is 0.311 e. The van der Waals surface area contributed by atoms with Crippen LogP contribution >= 0.6 is 0 Å². The summed E-state index contributed by atoms with van der Waals surface area (Å²) >= 11 is 0. The predicted molar refractivity (Wildman–Crippen MR) is 77.4 cm³/mol. The standard InChI is InChI=1S/C13H17N5O3/c1-2-21-13-10-11(4-5-12(13)18(19)20)14-6-3-8-17-9-7-15-16-17/h4-5,7,9-10,14H,2-3,6,8H2,1H3. The molecule has 1 N–H and O–H groups in total. The van der Waals surface area contributed by atoms with Crippen LogP contribution in [-0.2, 0) is 6.54 Å². The Morgan fingerprint density at radius 1 is 1.48 bits per heavy atom. The van der Waals surface area contributed by atoms with E-state index in [1.165, 1.54) is 6.07 Å². The molecule has 8 nitrogen and oxygen atoms in total. The van der Waals surface area contributed by atoms with E-state index in [2.05, 4.69) is 15.6 Å². The third kappa shape index (κ3) is 4.16. The van der Waals surface area contributed by atoms with Crippen molar-refractivity contribution in [1.29, 1.82) is 0 Å². The van der Waals surface area contributed by atoms with Crippen LogP contribution in [0.1, 0.15) is 13.3 Å². The molecule has 0 bridgehead atoms. The molecule has 2 rings (SSSR count). The van der Waals surface area contributed by atoms with E-state index in [0.717, 1.165) is 25.2 Å². The van der Waals surface area contributed by atoms with Crippen LogP contribution in [0.5, 0.6) is 5.75 Å². The van der Waals surface area contributed by atoms with E-state index in [9.17, 15) is 10.1 Å². The summed E-state index contributed by atoms with van der Waals surface area (Å²) in [6, 6.07) is 4.78. The number of nitro groups is 1. The van der Waals surface area contributed by atoms with E-state index >= 15 is 0 Å². The average Bonchev–Trinajstić information content (AvgIpc) is 2.97. The van der Waals surface area contributed by atoms with Gasteiger partial charge in [-0.25, -0.2) is 0 Å². The van der Waals surface area contributed by atoms with Gasteiger partial charge < -0.3 is 10.1 Å². The number of anilines is 1. The molecule has 2 aromatic rings. The normalized spacial score (nSPS) is 10.3. The van der Waals surface area contributed by atoms with Crippen LogP contribution in [0.25, 0.3) is 0 Å². The summed E-state index contributed by atoms with van der Waals surface area (Å²) in [5.74, 6) is 0.281. The largest absolute Gasteiger partial charge is 0.487 e. The van der Waals surface area contributed by atoms with Crippen molar-refractivity contribution in [3.8, 4) is 5.75 Å². The molecule has 0 aliphatic carbocycles. The second kappa shape index (κ2) is 7.22. The highest BCUT2D eigenvalue weighted by Gasteiger charge is 2.15. The number of nitro benzene ring substituents is 1. The number of nitrogens with zero attached hydrogens (tertiary/aromatic N) is 4. The Balaban J connectivity index is 1.90. The summed E-state index contributed by atoms with van der Waals surface area (Å²) in [6.45, 7) is 3.67. The maximum atomic E-state index is 10.9. The van der Waals surface area contributed by atoms with Gasteiger partial charge in [0.1, 0.15) is 0 Å². The highest BCUT2D eigenvalue weighted by molar-refractivity contribution is 5.57. The van der Waals surface area contributed by atoms with Crippen molar-refractivity contribution >= 4 is 11.4 Å². The molecule has 112 valence electrons. The molecule has 1 heterocycles. The van der Waals surface area contributed by atoms with Crippen molar-refractivity contribution in [3.05, 3.63) is 40.7 Å². The van der Waals surface area contributed by atoms with Gasteiger partial charge in [0.2, 0.25) is 0 Å². The van der Waals surface area contributed by atoms with Crippen molar-refractivity contribution in [2.75, 3.05) is 18.5 Å². The molecule has 0 unspecified atom stereocenters. The SMILES string of the molecule is CCOc1cc(NCCCn2ccnn2)ccc1[N+](=O)[O-]. The van der Waals surface area contributed by atoms with Crippen molar-refractivity contribution in [1.82, 2.24) is 15.0 Å². The Morgan fingerprint density at radius 2 is 2.33 bits per heavy atom. The van der Waals surface area contributed by atoms with Gasteiger partial charge in [-0.05, 0) is 19.4 Å². The molecular formula is C13H17N5O3. The fourth-order valence-electron chi connectivity index (χ4n) is 1.87. The van der Waals surface area contributed by atoms with Crippen molar-refractivity contribution < 1.29 is 9.66 Å². The van der Waals surface area contributed by atoms with E-state index in [-0.39, 0.29) is 11.4 Å². The molecule has 0 spiro atoms. The number of aryl methyl sites for hydroxylation is 1. The van der Waals surface area contributed by atoms with Gasteiger partial charge in [0, 0.05) is 37.1 Å². The fraction of sp³-hybridized carbons (Fsp3) is 0.385. The number of hydrogen-bond acceptors (Lipinski definition) is 6. The van der Waals surface area contributed by atoms with E-state index < -0.39 is 4.92 Å². The minimum absolute atomic E-state index is 0.0231. The first-order valence-corrected chi connectivity index (χ1v) is 6.70. The average molecular weight is 291 g/mol. The number of nitrogens with one attached hydrogen (secondary N) is 1. The monoisotopic (exact) mass is 291 g/mol. The highest BCUT2D eigenvalue weighted by Crippen LogP contribution is 2.30. The summed E-state index contributed by atoms with van der Waals surface area (Å²) in [5.41, 5.74) is 0.771. The molecule has 0 radical (unpaired) electrons. The van der Waals surface area contributed by atoms with Crippen LogP contribution < -0.4 is 10.1 Å². The van der Waals surface area contributed by atoms with Crippen molar-refractivity contribution in [2.45, 2.75) is 19.9 Å². The Morgan fingerprint density at radius 3 is 3.00 bits per heavy atom. The third-order valence-electron chi connectivity index (χ3n) is 2.82. The highest BCUT2D eigenvalue weighted by atomic mass is 16.6. The van der Waals surface area contributed by atoms with E-state index in [0.29, 0.717) is 6.61 Å². The van der Waals surface area contributed by atoms with Crippen molar-refractivity contribution in [3.63, 3.8) is 0 Å². The minimum Gasteiger partial charge on any atom is -0.487 e. The molecule has 0 aliphatic rings. The second-order valence-corrected chi connectivity index (χ2v) is 4.32. The zero-order valence-electron chi connectivity index (χ0n) is 11.7. The van der Waals surface area contributed by atoms with Crippen LogP contribution in [0.2, 0.25) is 0 Å². The topological polar surface area (TPSA) is 95.1 Å². The first-order chi connectivity index (χ1) is 10.2. The molecule has 0 amide bonds. The van der Waals surface area contributed by atoms with Crippen LogP contribution in [0.15, 0.2) is 30.6 Å². The first-order valence-electron chi connectivity index (χ1n) is 6.70. The number of benzene rings is 1. The van der Waals surface area contributed by atoms with Gasteiger partial charge in [0.05, 0.1) is 17.7 Å². The summed E-state index contributed by atoms with van der Waals surface area (Å²) in [6.07, 6.45) is 4.31. The van der Waals surface area contributed by atoms with Gasteiger partial charge >= 0.3 is 5.69 Å². The van der Waals surface area contributed by atoms with E-state index in [1.54, 1.807) is 36.1 Å². The van der Waals surface area contributed by atoms with Gasteiger partial charge in [0.25, 0.3) is 0 Å². The smallest absolute Gasteiger partial charge is 0.311 e. The van der Waals surface area contributed by atoms with Gasteiger partial charge in [-0.15, -0.1) is 5.10 Å². The lowest BCUT2D eigenvalue weighted by molar-refractivity contribution is -0.385. The molecule has 1 aromatic heterocycles. The van der Waals surface area contributed by atoms with Crippen LogP contribution in [-0.4, -0.2) is 33.1 Å². The molecule has 8 heteroatoms. The molecule has 1 aromatic carbocycles. The van der Waals surface area contributed by atoms with Crippen LogP contribution in [0.4, 0.5) is 11.4 Å². The summed E-state index contributed by atoms with van der Waals surface area (Å²) in [7, 11) is 0. The summed E-state index contributed by atoms with van der Waals surface area (Å²) < 4.78 is 7.05. The van der Waals surface area contributed by atoms with Crippen LogP contribution in [0.3, 0.4) is 0 Å². The number of aromatic nitrogens is 3. The lowest BCUT2D eigenvalue weighted by atomic mass is 10.2. The van der Waals surface area contributed by atoms with Gasteiger partial charge in [0.15, 0.2) is 5.75 Å². The molecule has 0 fully saturated rings. The Bertz CT molecular complexity index is 585. The number of rotatable bonds is 8. The van der Waals surface area contributed by atoms with E-state index in [1.807, 2.05) is 0 Å². The third-order valence-corrected chi connectivity index (χ3v) is 2.82. The minimum atomic E-state index is -0.445. The molecule has 0 saturated heterocycles. The quantitative estimate of drug-likeness (QED) is 0.454. The molecular weight excluding hydrogens is 274 g/mol. The molecule has 0 aliphatic heterocycles. The predicted octanol–water partition coefficient (Wildman–Crippen LogP) is 2.09. The molecule has 21 heavy (non-hydrogen) atoms. The fourth-order valence-corrected chi connectivity index (χ4v) is 1.87. The lowest BCUT2D eigenvalue weighted by Crippen LogP contribution is -2.07. The zero-order chi connectivity index (χ0) is 15.1. The number of hydrogen-bond donors (Lipinski definition) is 1. The zero-order valence-corrected chi connectivity index (χ0v) is 11.7. The Hall–Kier alpha value is -2.64. The Kier molecular flexibility index (Phi) is 5.08. The molecule has 0 atom stereocenters. The first kappa shape index (κ1) is 14.8. The van der Waals surface area contributed by atoms with Crippen LogP contribution in [0, 0.1) is 10.1 Å². The number of ether oxygens (including phenoxy) is 1. The van der Waals surface area contributed by atoms with Crippen molar-refractivity contribution in [2.24, 2.45) is 0 Å². The Labute approximate surface area is 121 Å². The van der Waals surface area contributed by atoms with Gasteiger partial charge in [-0.1, -0.05) is 5.21 Å². The van der Waals surface area contributed by atoms with E-state index in [4.69, 9.17) is 4.74 Å². The lowest BCUT2D eigenvalue weighted by Gasteiger charge is -2.09. The summed E-state index contributed by atoms with van der Waals surface area (Å²) in [5, 5.41) is 21.7. The summed E-state index contributed by atoms with van der Waals surface area (Å²) in [4.78, 5) is 10.4. The van der Waals surface area contributed by atoms with Gasteiger partial charge in [-0.3, -0.25) is 14.8 Å². The molecule has 0 saturated carbocycles. The van der Waals surface area contributed by atoms with Gasteiger partial charge in [-0.2, -0.15) is 0 Å².